The first-order valence-electron chi connectivity index (χ1n) is 6.95. The van der Waals surface area contributed by atoms with Crippen LogP contribution in [0.5, 0.6) is 11.5 Å². The van der Waals surface area contributed by atoms with E-state index >= 15 is 0 Å². The number of carbonyl (C=O) groups is 1. The number of benzene rings is 1. The molecule has 0 amide bonds. The Labute approximate surface area is 132 Å². The van der Waals surface area contributed by atoms with Crippen LogP contribution in [0.25, 0.3) is 0 Å². The van der Waals surface area contributed by atoms with E-state index in [0.29, 0.717) is 30.3 Å². The van der Waals surface area contributed by atoms with Crippen molar-refractivity contribution >= 4 is 17.7 Å². The van der Waals surface area contributed by atoms with Crippen molar-refractivity contribution in [1.82, 2.24) is 0 Å². The van der Waals surface area contributed by atoms with Gasteiger partial charge in [-0.05, 0) is 24.3 Å². The highest BCUT2D eigenvalue weighted by Crippen LogP contribution is 2.35. The van der Waals surface area contributed by atoms with Crippen LogP contribution >= 0.6 is 11.8 Å². The third-order valence-electron chi connectivity index (χ3n) is 3.24. The number of hydrogen-bond donors (Lipinski definition) is 0. The molecule has 0 saturated heterocycles. The summed E-state index contributed by atoms with van der Waals surface area (Å²) in [6, 6.07) is 7.45. The molecule has 22 heavy (non-hydrogen) atoms. The molecule has 0 fully saturated rings. The smallest absolute Gasteiger partial charge is 0.341 e. The van der Waals surface area contributed by atoms with Gasteiger partial charge < -0.3 is 18.6 Å². The highest BCUT2D eigenvalue weighted by atomic mass is 32.2. The van der Waals surface area contributed by atoms with Crippen LogP contribution in [0, 0.1) is 0 Å². The molecule has 116 valence electrons. The first kappa shape index (κ1) is 14.8. The van der Waals surface area contributed by atoms with Crippen LogP contribution in [0.3, 0.4) is 0 Å². The predicted molar refractivity (Wildman–Crippen MR) is 81.7 cm³/mol. The zero-order valence-electron chi connectivity index (χ0n) is 12.2. The summed E-state index contributed by atoms with van der Waals surface area (Å²) in [5.41, 5.74) is 0.462. The van der Waals surface area contributed by atoms with E-state index in [1.54, 1.807) is 17.8 Å². The molecule has 6 heteroatoms. The Balaban J connectivity index is 1.71. The Kier molecular flexibility index (Phi) is 4.58. The van der Waals surface area contributed by atoms with E-state index in [2.05, 4.69) is 0 Å². The molecule has 0 unspecified atom stereocenters. The van der Waals surface area contributed by atoms with E-state index in [9.17, 15) is 4.79 Å². The molecule has 0 atom stereocenters. The molecule has 0 N–H and O–H groups in total. The lowest BCUT2D eigenvalue weighted by Crippen LogP contribution is -2.02. The van der Waals surface area contributed by atoms with Gasteiger partial charge in [0.15, 0.2) is 11.5 Å². The molecule has 0 saturated carbocycles. The highest BCUT2D eigenvalue weighted by molar-refractivity contribution is 7.98. The third kappa shape index (κ3) is 3.22. The monoisotopic (exact) mass is 320 g/mol. The summed E-state index contributed by atoms with van der Waals surface area (Å²) in [6.45, 7) is 1.33. The summed E-state index contributed by atoms with van der Waals surface area (Å²) in [6.07, 6.45) is 2.38. The maximum atomic E-state index is 11.6. The van der Waals surface area contributed by atoms with Gasteiger partial charge in [-0.3, -0.25) is 0 Å². The average molecular weight is 320 g/mol. The van der Waals surface area contributed by atoms with E-state index in [-0.39, 0.29) is 5.97 Å². The van der Waals surface area contributed by atoms with Crippen molar-refractivity contribution in [3.05, 3.63) is 41.9 Å². The topological polar surface area (TPSA) is 57.9 Å². The Morgan fingerprint density at radius 1 is 1.23 bits per heavy atom. The number of furan rings is 1. The van der Waals surface area contributed by atoms with Crippen molar-refractivity contribution in [2.24, 2.45) is 0 Å². The summed E-state index contributed by atoms with van der Waals surface area (Å²) in [4.78, 5) is 12.6. The molecule has 0 radical (unpaired) electrons. The quantitative estimate of drug-likeness (QED) is 0.634. The molecule has 1 aromatic carbocycles. The van der Waals surface area contributed by atoms with Crippen LogP contribution in [0.2, 0.25) is 0 Å². The Morgan fingerprint density at radius 2 is 2.05 bits per heavy atom. The van der Waals surface area contributed by atoms with Crippen molar-refractivity contribution in [3.8, 4) is 11.5 Å². The van der Waals surface area contributed by atoms with Crippen molar-refractivity contribution < 1.29 is 23.4 Å². The molecule has 1 aromatic heterocycles. The van der Waals surface area contributed by atoms with Gasteiger partial charge in [-0.15, -0.1) is 11.8 Å². The Hall–Kier alpha value is -2.08. The van der Waals surface area contributed by atoms with Gasteiger partial charge in [-0.25, -0.2) is 4.79 Å². The van der Waals surface area contributed by atoms with E-state index in [1.165, 1.54) is 13.4 Å². The fourth-order valence-corrected chi connectivity index (χ4v) is 3.00. The second-order valence-electron chi connectivity index (χ2n) is 4.70. The van der Waals surface area contributed by atoms with Gasteiger partial charge in [0.25, 0.3) is 0 Å². The Bertz CT molecular complexity index is 664. The van der Waals surface area contributed by atoms with Gasteiger partial charge in [-0.1, -0.05) is 0 Å². The van der Waals surface area contributed by atoms with Gasteiger partial charge in [0.05, 0.1) is 32.3 Å². The molecule has 2 aromatic rings. The molecular formula is C16H16O5S. The van der Waals surface area contributed by atoms with Crippen LogP contribution in [0.15, 0.2) is 39.8 Å². The molecule has 0 spiro atoms. The van der Waals surface area contributed by atoms with Crippen molar-refractivity contribution in [1.29, 1.82) is 0 Å². The first-order valence-corrected chi connectivity index (χ1v) is 7.93. The van der Waals surface area contributed by atoms with E-state index < -0.39 is 0 Å². The lowest BCUT2D eigenvalue weighted by atomic mass is 10.3. The minimum atomic E-state index is -0.386. The van der Waals surface area contributed by atoms with Crippen LogP contribution in [0.4, 0.5) is 0 Å². The molecule has 1 aliphatic rings. The van der Waals surface area contributed by atoms with Gasteiger partial charge >= 0.3 is 5.97 Å². The fraction of sp³-hybridized carbons (Fsp3) is 0.312. The molecule has 0 aliphatic carbocycles. The Morgan fingerprint density at radius 3 is 2.86 bits per heavy atom. The minimum absolute atomic E-state index is 0.386. The normalized spacial score (nSPS) is 13.5. The molecule has 3 rings (SSSR count). The number of hydrogen-bond acceptors (Lipinski definition) is 6. The number of thioether (sulfide) groups is 1. The van der Waals surface area contributed by atoms with Crippen molar-refractivity contribution in [2.75, 3.05) is 20.3 Å². The summed E-state index contributed by atoms with van der Waals surface area (Å²) >= 11 is 1.56. The fourth-order valence-electron chi connectivity index (χ4n) is 2.13. The summed E-state index contributed by atoms with van der Waals surface area (Å²) in [5.74, 6) is 2.29. The number of carbonyl (C=O) groups excluding carboxylic acids is 1. The number of ether oxygens (including phenoxy) is 3. The number of fused-ring (bicyclic) bond motifs is 1. The maximum Gasteiger partial charge on any atom is 0.341 e. The molecule has 2 heterocycles. The van der Waals surface area contributed by atoms with Crippen LogP contribution < -0.4 is 9.47 Å². The SMILES string of the molecule is COC(=O)c1ccoc1CSc1ccc2c(c1)OCCCO2. The second kappa shape index (κ2) is 6.79. The summed E-state index contributed by atoms with van der Waals surface area (Å²) < 4.78 is 21.4. The van der Waals surface area contributed by atoms with Gasteiger partial charge in [0.2, 0.25) is 0 Å². The van der Waals surface area contributed by atoms with E-state index in [0.717, 1.165) is 22.8 Å². The number of rotatable bonds is 4. The molecule has 5 nitrogen and oxygen atoms in total. The van der Waals surface area contributed by atoms with Crippen LogP contribution in [-0.2, 0) is 10.5 Å². The van der Waals surface area contributed by atoms with Crippen molar-refractivity contribution in [3.63, 3.8) is 0 Å². The first-order chi connectivity index (χ1) is 10.8. The molecular weight excluding hydrogens is 304 g/mol. The van der Waals surface area contributed by atoms with Crippen LogP contribution in [-0.4, -0.2) is 26.3 Å². The predicted octanol–water partition coefficient (Wildman–Crippen LogP) is 3.52. The van der Waals surface area contributed by atoms with E-state index in [4.69, 9.17) is 18.6 Å². The zero-order chi connectivity index (χ0) is 15.4. The summed E-state index contributed by atoms with van der Waals surface area (Å²) in [7, 11) is 1.36. The second-order valence-corrected chi connectivity index (χ2v) is 5.75. The van der Waals surface area contributed by atoms with Gasteiger partial charge in [0.1, 0.15) is 11.3 Å². The zero-order valence-corrected chi connectivity index (χ0v) is 13.0. The third-order valence-corrected chi connectivity index (χ3v) is 4.23. The average Bonchev–Trinajstić information content (AvgIpc) is 2.89. The lowest BCUT2D eigenvalue weighted by Gasteiger charge is -2.09. The van der Waals surface area contributed by atoms with E-state index in [1.807, 2.05) is 18.2 Å². The van der Waals surface area contributed by atoms with Gasteiger partial charge in [0, 0.05) is 11.3 Å². The van der Waals surface area contributed by atoms with Crippen molar-refractivity contribution in [2.45, 2.75) is 17.1 Å². The summed E-state index contributed by atoms with van der Waals surface area (Å²) in [5, 5.41) is 0. The largest absolute Gasteiger partial charge is 0.490 e. The molecule has 0 bridgehead atoms. The lowest BCUT2D eigenvalue weighted by molar-refractivity contribution is 0.0598. The standard InChI is InChI=1S/C16H16O5S/c1-18-16(17)12-5-8-21-15(12)10-22-11-3-4-13-14(9-11)20-7-2-6-19-13/h3-5,8-9H,2,6-7,10H2,1H3. The maximum absolute atomic E-state index is 11.6. The van der Waals surface area contributed by atoms with Crippen LogP contribution in [0.1, 0.15) is 22.5 Å². The number of esters is 1. The van der Waals surface area contributed by atoms with Gasteiger partial charge in [-0.2, -0.15) is 0 Å². The highest BCUT2D eigenvalue weighted by Gasteiger charge is 2.16. The minimum Gasteiger partial charge on any atom is -0.490 e. The molecule has 1 aliphatic heterocycles. The number of methoxy groups -OCH3 is 1.